The molecule has 0 bridgehead atoms. The van der Waals surface area contributed by atoms with E-state index in [4.69, 9.17) is 9.16 Å². The van der Waals surface area contributed by atoms with Crippen molar-refractivity contribution in [2.24, 2.45) is 0 Å². The lowest BCUT2D eigenvalue weighted by molar-refractivity contribution is 0.0407. The largest absolute Gasteiger partial charge is 0.544 e. The Balaban J connectivity index is 2.69. The first-order valence-corrected chi connectivity index (χ1v) is 12.9. The van der Waals surface area contributed by atoms with Gasteiger partial charge in [0.15, 0.2) is 0 Å². The number of aliphatic hydroxyl groups excluding tert-OH is 1. The highest BCUT2D eigenvalue weighted by atomic mass is 28.4. The lowest BCUT2D eigenvalue weighted by Crippen LogP contribution is -2.50. The second-order valence-electron chi connectivity index (χ2n) is 10.4. The van der Waals surface area contributed by atoms with Gasteiger partial charge in [-0.25, -0.2) is 4.79 Å². The number of hydrogen-bond acceptors (Lipinski definition) is 4. The Kier molecular flexibility index (Phi) is 7.76. The number of hydrogen-bond donors (Lipinski definition) is 2. The second-order valence-corrected chi connectivity index (χ2v) is 15.1. The first-order chi connectivity index (χ1) is 12.6. The Morgan fingerprint density at radius 1 is 1.04 bits per heavy atom. The van der Waals surface area contributed by atoms with E-state index in [1.54, 1.807) is 0 Å². The summed E-state index contributed by atoms with van der Waals surface area (Å²) in [5.41, 5.74) is -0.174. The van der Waals surface area contributed by atoms with Crippen LogP contribution < -0.4 is 9.74 Å². The van der Waals surface area contributed by atoms with Crippen LogP contribution in [0.25, 0.3) is 0 Å². The Hall–Kier alpha value is -1.53. The van der Waals surface area contributed by atoms with Crippen LogP contribution in [0, 0.1) is 0 Å². The zero-order valence-corrected chi connectivity index (χ0v) is 20.1. The van der Waals surface area contributed by atoms with Crippen molar-refractivity contribution in [2.75, 3.05) is 6.61 Å². The number of ether oxygens (including phenoxy) is 1. The van der Waals surface area contributed by atoms with E-state index < -0.39 is 25.6 Å². The van der Waals surface area contributed by atoms with Gasteiger partial charge in [0.05, 0.1) is 12.1 Å². The van der Waals surface area contributed by atoms with Crippen molar-refractivity contribution in [3.8, 4) is 5.75 Å². The Morgan fingerprint density at radius 3 is 2.00 bits per heavy atom. The Morgan fingerprint density at radius 2 is 1.57 bits per heavy atom. The van der Waals surface area contributed by atoms with Crippen LogP contribution in [-0.4, -0.2) is 37.3 Å². The smallest absolute Gasteiger partial charge is 0.408 e. The van der Waals surface area contributed by atoms with Gasteiger partial charge in [0.1, 0.15) is 11.4 Å². The third-order valence-corrected chi connectivity index (χ3v) is 9.58. The molecular weight excluding hydrogens is 370 g/mol. The van der Waals surface area contributed by atoms with Crippen LogP contribution in [0.15, 0.2) is 24.3 Å². The third-order valence-electron chi connectivity index (χ3n) is 5.22. The molecule has 0 heterocycles. The first-order valence-electron chi connectivity index (χ1n) is 9.97. The maximum absolute atomic E-state index is 12.0. The molecule has 1 aromatic rings. The van der Waals surface area contributed by atoms with E-state index in [0.29, 0.717) is 6.42 Å². The van der Waals surface area contributed by atoms with Crippen molar-refractivity contribution in [1.29, 1.82) is 0 Å². The summed E-state index contributed by atoms with van der Waals surface area (Å²) in [6, 6.07) is 8.11. The number of rotatable bonds is 7. The summed E-state index contributed by atoms with van der Waals surface area (Å²) in [6.45, 7) is 18.3. The number of carbonyl (C=O) groups is 1. The van der Waals surface area contributed by atoms with Gasteiger partial charge in [-0.05, 0) is 76.4 Å². The molecule has 1 aromatic carbocycles. The molecular formula is C22H39NO4Si. The maximum Gasteiger partial charge on any atom is 0.408 e. The molecule has 1 rings (SSSR count). The lowest BCUT2D eigenvalue weighted by atomic mass is 9.94. The van der Waals surface area contributed by atoms with Crippen LogP contribution in [0.4, 0.5) is 4.79 Å². The van der Waals surface area contributed by atoms with E-state index in [9.17, 15) is 9.90 Å². The molecule has 0 aliphatic rings. The summed E-state index contributed by atoms with van der Waals surface area (Å²) in [6.07, 6.45) is 0.820. The summed E-state index contributed by atoms with van der Waals surface area (Å²) < 4.78 is 11.6. The predicted molar refractivity (Wildman–Crippen MR) is 117 cm³/mol. The van der Waals surface area contributed by atoms with Gasteiger partial charge < -0.3 is 19.6 Å². The molecule has 0 fully saturated rings. The summed E-state index contributed by atoms with van der Waals surface area (Å²) in [5.74, 6) is 0.896. The quantitative estimate of drug-likeness (QED) is 0.601. The highest BCUT2D eigenvalue weighted by Crippen LogP contribution is 2.37. The molecule has 1 atom stereocenters. The van der Waals surface area contributed by atoms with Crippen molar-refractivity contribution in [3.05, 3.63) is 29.8 Å². The number of aryl methyl sites for hydroxylation is 1. The molecule has 0 saturated carbocycles. The standard InChI is InChI=1S/C22H39NO4Si/c1-20(2,3)26-19(25)23-22(7,16-24)15-14-17-10-12-18(13-11-17)27-28(8,9)21(4,5)6/h10-13,24H,14-16H2,1-9H3,(H,23,25)/t22-/m1/s1. The molecule has 160 valence electrons. The minimum absolute atomic E-state index is 0.154. The average Bonchev–Trinajstić information content (AvgIpc) is 2.51. The second kappa shape index (κ2) is 8.87. The molecule has 0 spiro atoms. The van der Waals surface area contributed by atoms with Gasteiger partial charge in [-0.1, -0.05) is 32.9 Å². The van der Waals surface area contributed by atoms with Crippen LogP contribution in [0.5, 0.6) is 5.75 Å². The molecule has 0 radical (unpaired) electrons. The Bertz CT molecular complexity index is 644. The van der Waals surface area contributed by atoms with Gasteiger partial charge in [0, 0.05) is 0 Å². The van der Waals surface area contributed by atoms with Crippen molar-refractivity contribution < 1.29 is 19.1 Å². The van der Waals surface area contributed by atoms with E-state index >= 15 is 0 Å². The molecule has 6 heteroatoms. The zero-order valence-electron chi connectivity index (χ0n) is 19.1. The molecule has 28 heavy (non-hydrogen) atoms. The predicted octanol–water partition coefficient (Wildman–Crippen LogP) is 5.28. The number of nitrogens with one attached hydrogen (secondary N) is 1. The molecule has 0 aromatic heterocycles. The van der Waals surface area contributed by atoms with E-state index in [1.807, 2.05) is 52.0 Å². The summed E-state index contributed by atoms with van der Waals surface area (Å²) >= 11 is 0. The summed E-state index contributed by atoms with van der Waals surface area (Å²) in [5, 5.41) is 12.7. The van der Waals surface area contributed by atoms with Crippen LogP contribution in [-0.2, 0) is 11.2 Å². The third kappa shape index (κ3) is 7.84. The number of carbonyl (C=O) groups excluding carboxylic acids is 1. The van der Waals surface area contributed by atoms with Crippen LogP contribution in [0.3, 0.4) is 0 Å². The minimum Gasteiger partial charge on any atom is -0.544 e. The first kappa shape index (κ1) is 24.5. The van der Waals surface area contributed by atoms with E-state index in [-0.39, 0.29) is 11.6 Å². The molecule has 0 unspecified atom stereocenters. The fraction of sp³-hybridized carbons (Fsp3) is 0.682. The van der Waals surface area contributed by atoms with Crippen molar-refractivity contribution >= 4 is 14.4 Å². The summed E-state index contributed by atoms with van der Waals surface area (Å²) in [4.78, 5) is 12.0. The highest BCUT2D eigenvalue weighted by molar-refractivity contribution is 6.74. The van der Waals surface area contributed by atoms with E-state index in [0.717, 1.165) is 17.7 Å². The molecule has 1 amide bonds. The van der Waals surface area contributed by atoms with Crippen LogP contribution in [0.1, 0.15) is 60.5 Å². The topological polar surface area (TPSA) is 67.8 Å². The molecule has 2 N–H and O–H groups in total. The van der Waals surface area contributed by atoms with Crippen LogP contribution >= 0.6 is 0 Å². The summed E-state index contributed by atoms with van der Waals surface area (Å²) in [7, 11) is -1.85. The van der Waals surface area contributed by atoms with E-state index in [2.05, 4.69) is 39.2 Å². The number of benzene rings is 1. The SMILES string of the molecule is CC(C)(C)OC(=O)N[C@@](C)(CO)CCc1ccc(O[Si](C)(C)C(C)(C)C)cc1. The molecule has 5 nitrogen and oxygen atoms in total. The van der Waals surface area contributed by atoms with Gasteiger partial charge in [-0.3, -0.25) is 0 Å². The van der Waals surface area contributed by atoms with Gasteiger partial charge >= 0.3 is 6.09 Å². The lowest BCUT2D eigenvalue weighted by Gasteiger charge is -2.36. The van der Waals surface area contributed by atoms with Gasteiger partial charge in [-0.2, -0.15) is 0 Å². The maximum atomic E-state index is 12.0. The highest BCUT2D eigenvalue weighted by Gasteiger charge is 2.39. The van der Waals surface area contributed by atoms with Crippen molar-refractivity contribution in [2.45, 2.75) is 90.6 Å². The zero-order chi connectivity index (χ0) is 21.8. The molecule has 0 aliphatic carbocycles. The molecule has 0 aliphatic heterocycles. The van der Waals surface area contributed by atoms with Crippen LogP contribution in [0.2, 0.25) is 18.1 Å². The fourth-order valence-electron chi connectivity index (χ4n) is 2.32. The van der Waals surface area contributed by atoms with Crippen molar-refractivity contribution in [1.82, 2.24) is 5.32 Å². The average molecular weight is 410 g/mol. The number of amides is 1. The minimum atomic E-state index is -1.85. The number of alkyl carbamates (subject to hydrolysis) is 1. The molecule has 0 saturated heterocycles. The fourth-order valence-corrected chi connectivity index (χ4v) is 3.35. The van der Waals surface area contributed by atoms with E-state index in [1.165, 1.54) is 0 Å². The normalized spacial score (nSPS) is 14.9. The Labute approximate surface area is 172 Å². The van der Waals surface area contributed by atoms with Gasteiger partial charge in [0.25, 0.3) is 0 Å². The van der Waals surface area contributed by atoms with Gasteiger partial charge in [0.2, 0.25) is 8.32 Å². The monoisotopic (exact) mass is 409 g/mol. The van der Waals surface area contributed by atoms with Gasteiger partial charge in [-0.15, -0.1) is 0 Å². The van der Waals surface area contributed by atoms with Crippen molar-refractivity contribution in [3.63, 3.8) is 0 Å². The number of aliphatic hydroxyl groups is 1.